The molecule has 0 amide bonds. The zero-order valence-corrected chi connectivity index (χ0v) is 26.6. The Labute approximate surface area is 305 Å². The van der Waals surface area contributed by atoms with Gasteiger partial charge < -0.3 is 9.31 Å². The number of hydrogen-bond acceptors (Lipinski definition) is 2. The van der Waals surface area contributed by atoms with Crippen LogP contribution in [0.4, 0.5) is 92.2 Å². The van der Waals surface area contributed by atoms with Crippen LogP contribution in [0, 0.1) is 98.9 Å². The minimum Gasteiger partial charge on any atom is -0.530 e. The van der Waals surface area contributed by atoms with Crippen molar-refractivity contribution >= 4 is 18.4 Å². The van der Waals surface area contributed by atoms with Gasteiger partial charge in [0.1, 0.15) is 11.9 Å². The van der Waals surface area contributed by atoms with E-state index in [0.717, 1.165) is 0 Å². The Hall–Kier alpha value is -5.81. The van der Waals surface area contributed by atoms with E-state index in [4.69, 9.17) is 4.65 Å². The maximum atomic E-state index is 16.0. The van der Waals surface area contributed by atoms with Crippen LogP contribution in [0.3, 0.4) is 0 Å². The van der Waals surface area contributed by atoms with Gasteiger partial charge in [-0.25, -0.2) is 79.0 Å². The lowest BCUT2D eigenvalue weighted by molar-refractivity contribution is 0.0401. The molecule has 0 bridgehead atoms. The molecule has 24 heteroatoms. The summed E-state index contributed by atoms with van der Waals surface area (Å²) < 4.78 is 325. The van der Waals surface area contributed by atoms with E-state index in [0.29, 0.717) is 18.2 Å². The molecule has 0 saturated heterocycles. The van der Waals surface area contributed by atoms with E-state index in [1.165, 1.54) is 0 Å². The first-order valence-electron chi connectivity index (χ1n) is 15.0. The van der Waals surface area contributed by atoms with Crippen molar-refractivity contribution in [1.82, 2.24) is 0 Å². The van der Waals surface area contributed by atoms with Crippen molar-refractivity contribution in [3.05, 3.63) is 145 Å². The zero-order chi connectivity index (χ0) is 42.9. The second-order valence-electron chi connectivity index (χ2n) is 11.9. The normalized spacial score (nSPS) is 15.3. The number of rotatable bonds is 6. The minimum atomic E-state index is -5.71. The second kappa shape index (κ2) is 13.4. The molecular formula is C34H4BF21O2. The van der Waals surface area contributed by atoms with E-state index in [-0.39, 0.29) is 0 Å². The fourth-order valence-electron chi connectivity index (χ4n) is 6.39. The van der Waals surface area contributed by atoms with Gasteiger partial charge in [-0.15, -0.1) is 0 Å². The Morgan fingerprint density at radius 1 is 0.431 bits per heavy atom. The standard InChI is InChI=1S/C34H4BF21O2/c36-5-3-1-2-4-6(5)14(37)30(53)32(4)57-35(13-9(17(40)23(46)28(51)21(13)44)10-18(41)24(47)29(52)25(48)19(10)42)58-33-12-8(16(39)26(49)31(33)54)7-11(34(12,55)56)20(43)27(50)22(45)15(7)38/h1-3,32H. The molecule has 0 N–H and O–H groups in total. The summed E-state index contributed by atoms with van der Waals surface area (Å²) in [7, 11) is -4.13. The van der Waals surface area contributed by atoms with Crippen LogP contribution in [0.15, 0.2) is 24.0 Å². The van der Waals surface area contributed by atoms with Gasteiger partial charge in [0.25, 0.3) is 0 Å². The largest absolute Gasteiger partial charge is 0.567 e. The first kappa shape index (κ1) is 40.4. The topological polar surface area (TPSA) is 18.5 Å². The van der Waals surface area contributed by atoms with Gasteiger partial charge in [0, 0.05) is 22.2 Å². The molecule has 5 aromatic carbocycles. The molecule has 1 unspecified atom stereocenters. The van der Waals surface area contributed by atoms with Gasteiger partial charge in [-0.3, -0.25) is 0 Å². The molecule has 2 aliphatic rings. The fraction of sp³-hybridized carbons (Fsp3) is 0.0588. The van der Waals surface area contributed by atoms with Crippen molar-refractivity contribution in [2.24, 2.45) is 0 Å². The van der Waals surface area contributed by atoms with Gasteiger partial charge in [-0.2, -0.15) is 13.2 Å². The van der Waals surface area contributed by atoms with E-state index in [1.807, 2.05) is 0 Å². The van der Waals surface area contributed by atoms with Gasteiger partial charge in [-0.05, 0) is 11.6 Å². The lowest BCUT2D eigenvalue weighted by atomic mass is 9.72. The molecule has 0 spiro atoms. The highest BCUT2D eigenvalue weighted by atomic mass is 19.3. The highest BCUT2D eigenvalue weighted by Crippen LogP contribution is 2.59. The van der Waals surface area contributed by atoms with E-state index < -0.39 is 185 Å². The van der Waals surface area contributed by atoms with Crippen molar-refractivity contribution < 1.29 is 102 Å². The number of benzene rings is 5. The third-order valence-electron chi connectivity index (χ3n) is 8.90. The van der Waals surface area contributed by atoms with Crippen LogP contribution < -0.4 is 10.1 Å². The van der Waals surface area contributed by atoms with Crippen LogP contribution in [0.1, 0.15) is 28.4 Å². The van der Waals surface area contributed by atoms with Gasteiger partial charge >= 0.3 is 13.0 Å². The molecule has 0 radical (unpaired) electrons. The first-order chi connectivity index (χ1) is 27.0. The van der Waals surface area contributed by atoms with Crippen LogP contribution in [0.25, 0.3) is 28.1 Å². The van der Waals surface area contributed by atoms with Crippen LogP contribution in [0.2, 0.25) is 0 Å². The highest BCUT2D eigenvalue weighted by Gasteiger charge is 2.56. The van der Waals surface area contributed by atoms with E-state index >= 15 is 43.9 Å². The molecule has 0 aliphatic heterocycles. The van der Waals surface area contributed by atoms with E-state index in [9.17, 15) is 48.3 Å². The van der Waals surface area contributed by atoms with Crippen molar-refractivity contribution in [2.45, 2.75) is 12.0 Å². The highest BCUT2D eigenvalue weighted by molar-refractivity contribution is 6.64. The molecule has 0 fully saturated rings. The average molecular weight is 854 g/mol. The Bertz CT molecular complexity index is 2700. The number of halogens is 21. The molecule has 0 heterocycles. The summed E-state index contributed by atoms with van der Waals surface area (Å²) in [6, 6.07) is 1.59. The Morgan fingerprint density at radius 2 is 0.862 bits per heavy atom. The summed E-state index contributed by atoms with van der Waals surface area (Å²) in [6.45, 7) is 0. The van der Waals surface area contributed by atoms with Crippen LogP contribution in [-0.2, 0) is 10.6 Å². The van der Waals surface area contributed by atoms with E-state index in [2.05, 4.69) is 4.65 Å². The van der Waals surface area contributed by atoms with Crippen molar-refractivity contribution in [3.63, 3.8) is 0 Å². The second-order valence-corrected chi connectivity index (χ2v) is 11.9. The van der Waals surface area contributed by atoms with Crippen LogP contribution >= 0.6 is 0 Å². The summed E-state index contributed by atoms with van der Waals surface area (Å²) in [5.74, 6) is -64.7. The predicted octanol–water partition coefficient (Wildman–Crippen LogP) is 11.0. The molecule has 2 nitrogen and oxygen atoms in total. The summed E-state index contributed by atoms with van der Waals surface area (Å²) in [6.07, 6.45) is -3.13. The molecule has 7 rings (SSSR count). The van der Waals surface area contributed by atoms with Crippen LogP contribution in [-0.4, -0.2) is 7.12 Å². The lowest BCUT2D eigenvalue weighted by Gasteiger charge is -2.26. The monoisotopic (exact) mass is 854 g/mol. The number of hydrogen-bond donors (Lipinski definition) is 0. The smallest absolute Gasteiger partial charge is 0.530 e. The molecule has 2 aliphatic carbocycles. The first-order valence-corrected chi connectivity index (χ1v) is 15.0. The summed E-state index contributed by atoms with van der Waals surface area (Å²) in [4.78, 5) is 0. The van der Waals surface area contributed by atoms with Crippen molar-refractivity contribution in [3.8, 4) is 28.0 Å². The quantitative estimate of drug-likeness (QED) is 0.0733. The Kier molecular flexibility index (Phi) is 9.32. The summed E-state index contributed by atoms with van der Waals surface area (Å²) in [5, 5.41) is 0. The molecule has 58 heavy (non-hydrogen) atoms. The molecule has 1 atom stereocenters. The fourth-order valence-corrected chi connectivity index (χ4v) is 6.39. The maximum Gasteiger partial charge on any atom is 0.567 e. The lowest BCUT2D eigenvalue weighted by Crippen LogP contribution is -2.46. The Morgan fingerprint density at radius 3 is 1.41 bits per heavy atom. The molecule has 5 aromatic rings. The van der Waals surface area contributed by atoms with Gasteiger partial charge in [-0.1, -0.05) is 12.1 Å². The van der Waals surface area contributed by atoms with Crippen molar-refractivity contribution in [2.75, 3.05) is 0 Å². The third-order valence-corrected chi connectivity index (χ3v) is 8.90. The maximum absolute atomic E-state index is 16.0. The van der Waals surface area contributed by atoms with Gasteiger partial charge in [0.2, 0.25) is 11.6 Å². The van der Waals surface area contributed by atoms with E-state index in [1.54, 1.807) is 0 Å². The predicted molar refractivity (Wildman–Crippen MR) is 151 cm³/mol. The SMILES string of the molecule is FC1=C(F)C(OB(Oc2c(F)c(F)c(F)c3c2C(F)(F)c2c(F)c(F)c(F)c(F)c2-3)c2c(F)c(F)c(F)c(F)c2-c2c(F)c(F)c(F)c(F)c2F)c2cccc(F)c21. The number of alkyl halides is 2. The summed E-state index contributed by atoms with van der Waals surface area (Å²) >= 11 is 0. The number of fused-ring (bicyclic) bond motifs is 4. The van der Waals surface area contributed by atoms with Crippen LogP contribution in [0.5, 0.6) is 5.75 Å². The average Bonchev–Trinajstić information content (AvgIpc) is 3.58. The minimum absolute atomic E-state index is 0.442. The van der Waals surface area contributed by atoms with Crippen molar-refractivity contribution in [1.29, 1.82) is 0 Å². The molecule has 0 aromatic heterocycles. The van der Waals surface area contributed by atoms with Gasteiger partial charge in [0.15, 0.2) is 98.8 Å². The molecule has 302 valence electrons. The Balaban J connectivity index is 1.60. The summed E-state index contributed by atoms with van der Waals surface area (Å²) in [5.41, 5.74) is -21.3. The zero-order valence-electron chi connectivity index (χ0n) is 26.6. The third kappa shape index (κ3) is 5.24. The van der Waals surface area contributed by atoms with Gasteiger partial charge in [0.05, 0.1) is 22.3 Å². The molecular weight excluding hydrogens is 850 g/mol. The molecule has 0 saturated carbocycles.